The summed E-state index contributed by atoms with van der Waals surface area (Å²) >= 11 is 0. The first-order valence-corrected chi connectivity index (χ1v) is 7.63. The highest BCUT2D eigenvalue weighted by molar-refractivity contribution is 5.93. The second kappa shape index (κ2) is 7.07. The number of hydrogen-bond donors (Lipinski definition) is 1. The third-order valence-electron chi connectivity index (χ3n) is 3.86. The molecule has 0 spiro atoms. The largest absolute Gasteiger partial charge is 0.343 e. The van der Waals surface area contributed by atoms with E-state index in [4.69, 9.17) is 0 Å². The van der Waals surface area contributed by atoms with Crippen LogP contribution < -0.4 is 5.32 Å². The number of nitriles is 1. The fourth-order valence-electron chi connectivity index (χ4n) is 2.43. The van der Waals surface area contributed by atoms with Crippen molar-refractivity contribution in [3.63, 3.8) is 0 Å². The molecule has 5 nitrogen and oxygen atoms in total. The van der Waals surface area contributed by atoms with Crippen molar-refractivity contribution >= 4 is 11.6 Å². The number of hydrogen-bond acceptors (Lipinski definition) is 4. The Kier molecular flexibility index (Phi) is 5.15. The predicted molar refractivity (Wildman–Crippen MR) is 81.6 cm³/mol. The van der Waals surface area contributed by atoms with Gasteiger partial charge in [-0.2, -0.15) is 10.4 Å². The van der Waals surface area contributed by atoms with E-state index in [2.05, 4.69) is 23.4 Å². The number of unbranched alkanes of at least 4 members (excludes halogenated alkanes) is 2. The Morgan fingerprint density at radius 2 is 2.33 bits per heavy atom. The molecule has 1 heterocycles. The van der Waals surface area contributed by atoms with E-state index in [0.29, 0.717) is 11.4 Å². The maximum atomic E-state index is 11.8. The first kappa shape index (κ1) is 15.3. The van der Waals surface area contributed by atoms with Crippen molar-refractivity contribution < 1.29 is 4.79 Å². The summed E-state index contributed by atoms with van der Waals surface area (Å²) in [5.41, 5.74) is 1.41. The third kappa shape index (κ3) is 3.72. The second-order valence-corrected chi connectivity index (χ2v) is 5.59. The predicted octanol–water partition coefficient (Wildman–Crippen LogP) is 3.24. The zero-order valence-corrected chi connectivity index (χ0v) is 12.7. The molecule has 1 aromatic heterocycles. The molecular formula is C16H22N4O. The molecule has 1 aliphatic rings. The summed E-state index contributed by atoms with van der Waals surface area (Å²) < 4.78 is 1.83. The van der Waals surface area contributed by atoms with Gasteiger partial charge in [0.2, 0.25) is 0 Å². The fourth-order valence-corrected chi connectivity index (χ4v) is 2.43. The SMILES string of the molecule is CCCCCn1ncc(C#N)c1NC1=CC(=O)C(C)CC1. The zero-order valence-electron chi connectivity index (χ0n) is 12.7. The van der Waals surface area contributed by atoms with Crippen LogP contribution in [0.25, 0.3) is 0 Å². The van der Waals surface area contributed by atoms with E-state index in [0.717, 1.165) is 44.3 Å². The molecule has 0 radical (unpaired) electrons. The number of ketones is 1. The van der Waals surface area contributed by atoms with Crippen molar-refractivity contribution in [3.05, 3.63) is 23.5 Å². The smallest absolute Gasteiger partial charge is 0.160 e. The van der Waals surface area contributed by atoms with Crippen LogP contribution in [0.4, 0.5) is 5.82 Å². The highest BCUT2D eigenvalue weighted by atomic mass is 16.1. The van der Waals surface area contributed by atoms with Crippen LogP contribution in [0.3, 0.4) is 0 Å². The lowest BCUT2D eigenvalue weighted by atomic mass is 9.93. The summed E-state index contributed by atoms with van der Waals surface area (Å²) in [6.07, 6.45) is 8.25. The molecule has 21 heavy (non-hydrogen) atoms. The molecule has 0 bridgehead atoms. The van der Waals surface area contributed by atoms with E-state index < -0.39 is 0 Å². The van der Waals surface area contributed by atoms with Crippen molar-refractivity contribution in [3.8, 4) is 6.07 Å². The van der Waals surface area contributed by atoms with Gasteiger partial charge in [0.25, 0.3) is 0 Å². The van der Waals surface area contributed by atoms with Crippen molar-refractivity contribution in [2.24, 2.45) is 5.92 Å². The lowest BCUT2D eigenvalue weighted by Gasteiger charge is -2.19. The molecule has 1 aromatic rings. The molecule has 2 rings (SSSR count). The molecule has 0 aliphatic heterocycles. The number of nitrogens with zero attached hydrogens (tertiary/aromatic N) is 3. The lowest BCUT2D eigenvalue weighted by Crippen LogP contribution is -2.18. The van der Waals surface area contributed by atoms with Gasteiger partial charge in [-0.05, 0) is 19.3 Å². The number of aromatic nitrogens is 2. The summed E-state index contributed by atoms with van der Waals surface area (Å²) in [6, 6.07) is 2.16. The molecule has 1 atom stereocenters. The standard InChI is InChI=1S/C16H22N4O/c1-3-4-5-8-20-16(13(10-17)11-18-20)19-14-7-6-12(2)15(21)9-14/h9,11-12,19H,3-8H2,1-2H3. The Bertz CT molecular complexity index is 580. The molecule has 112 valence electrons. The van der Waals surface area contributed by atoms with Crippen molar-refractivity contribution in [1.82, 2.24) is 9.78 Å². The van der Waals surface area contributed by atoms with Crippen LogP contribution in [-0.4, -0.2) is 15.6 Å². The van der Waals surface area contributed by atoms with E-state index in [1.807, 2.05) is 11.6 Å². The van der Waals surface area contributed by atoms with Crippen molar-refractivity contribution in [1.29, 1.82) is 5.26 Å². The van der Waals surface area contributed by atoms with Gasteiger partial charge in [0.1, 0.15) is 17.5 Å². The molecule has 0 amide bonds. The second-order valence-electron chi connectivity index (χ2n) is 5.59. The van der Waals surface area contributed by atoms with Crippen LogP contribution in [0.2, 0.25) is 0 Å². The molecule has 0 saturated heterocycles. The molecular weight excluding hydrogens is 264 g/mol. The summed E-state index contributed by atoms with van der Waals surface area (Å²) in [6.45, 7) is 4.89. The van der Waals surface area contributed by atoms with Gasteiger partial charge in [-0.1, -0.05) is 26.7 Å². The van der Waals surface area contributed by atoms with Crippen LogP contribution in [0.5, 0.6) is 0 Å². The van der Waals surface area contributed by atoms with Crippen LogP contribution in [0, 0.1) is 17.2 Å². The van der Waals surface area contributed by atoms with Crippen molar-refractivity contribution in [2.75, 3.05) is 5.32 Å². The van der Waals surface area contributed by atoms with Crippen LogP contribution in [-0.2, 0) is 11.3 Å². The summed E-state index contributed by atoms with van der Waals surface area (Å²) in [7, 11) is 0. The molecule has 5 heteroatoms. The summed E-state index contributed by atoms with van der Waals surface area (Å²) in [5, 5.41) is 16.7. The number of rotatable bonds is 6. The fraction of sp³-hybridized carbons (Fsp3) is 0.562. The average Bonchev–Trinajstić information content (AvgIpc) is 2.85. The average molecular weight is 286 g/mol. The number of carbonyl (C=O) groups is 1. The van der Waals surface area contributed by atoms with Gasteiger partial charge in [0.05, 0.1) is 6.20 Å². The van der Waals surface area contributed by atoms with Gasteiger partial charge in [-0.25, -0.2) is 4.68 Å². The minimum absolute atomic E-state index is 0.0976. The normalized spacial score (nSPS) is 18.2. The minimum atomic E-state index is 0.0976. The maximum Gasteiger partial charge on any atom is 0.160 e. The highest BCUT2D eigenvalue weighted by Gasteiger charge is 2.20. The molecule has 0 fully saturated rings. The first-order chi connectivity index (χ1) is 10.2. The van der Waals surface area contributed by atoms with E-state index in [9.17, 15) is 10.1 Å². The van der Waals surface area contributed by atoms with E-state index in [1.54, 1.807) is 12.3 Å². The quantitative estimate of drug-likeness (QED) is 0.815. The number of anilines is 1. The Morgan fingerprint density at radius 1 is 1.52 bits per heavy atom. The molecule has 1 N–H and O–H groups in total. The molecule has 1 aliphatic carbocycles. The van der Waals surface area contributed by atoms with Crippen LogP contribution in [0.1, 0.15) is 51.5 Å². The Labute approximate surface area is 125 Å². The van der Waals surface area contributed by atoms with Gasteiger partial charge in [0, 0.05) is 24.2 Å². The molecule has 0 saturated carbocycles. The summed E-state index contributed by atoms with van der Waals surface area (Å²) in [5.74, 6) is 0.960. The highest BCUT2D eigenvalue weighted by Crippen LogP contribution is 2.24. The number of nitrogens with one attached hydrogen (secondary N) is 1. The van der Waals surface area contributed by atoms with E-state index in [1.165, 1.54) is 0 Å². The third-order valence-corrected chi connectivity index (χ3v) is 3.86. The minimum Gasteiger partial charge on any atom is -0.343 e. The zero-order chi connectivity index (χ0) is 15.2. The van der Waals surface area contributed by atoms with Gasteiger partial charge < -0.3 is 5.32 Å². The van der Waals surface area contributed by atoms with Crippen LogP contribution >= 0.6 is 0 Å². The monoisotopic (exact) mass is 286 g/mol. The van der Waals surface area contributed by atoms with Gasteiger partial charge >= 0.3 is 0 Å². The van der Waals surface area contributed by atoms with Crippen LogP contribution in [0.15, 0.2) is 18.0 Å². The van der Waals surface area contributed by atoms with E-state index >= 15 is 0 Å². The number of allylic oxidation sites excluding steroid dienone is 2. The first-order valence-electron chi connectivity index (χ1n) is 7.63. The molecule has 1 unspecified atom stereocenters. The summed E-state index contributed by atoms with van der Waals surface area (Å²) in [4.78, 5) is 11.8. The lowest BCUT2D eigenvalue weighted by molar-refractivity contribution is -0.118. The van der Waals surface area contributed by atoms with Gasteiger partial charge in [0.15, 0.2) is 5.78 Å². The van der Waals surface area contributed by atoms with Crippen molar-refractivity contribution in [2.45, 2.75) is 52.5 Å². The van der Waals surface area contributed by atoms with Gasteiger partial charge in [-0.15, -0.1) is 0 Å². The maximum absolute atomic E-state index is 11.8. The number of carbonyl (C=O) groups excluding carboxylic acids is 1. The van der Waals surface area contributed by atoms with Gasteiger partial charge in [-0.3, -0.25) is 4.79 Å². The Hall–Kier alpha value is -2.09. The topological polar surface area (TPSA) is 70.7 Å². The molecule has 0 aromatic carbocycles. The van der Waals surface area contributed by atoms with E-state index in [-0.39, 0.29) is 11.7 Å². The Balaban J connectivity index is 2.15. The number of aryl methyl sites for hydroxylation is 1. The Morgan fingerprint density at radius 3 is 3.00 bits per heavy atom.